The molecule has 0 bridgehead atoms. The van der Waals surface area contributed by atoms with Gasteiger partial charge in [-0.2, -0.15) is 0 Å². The van der Waals surface area contributed by atoms with Crippen molar-refractivity contribution in [3.63, 3.8) is 0 Å². The van der Waals surface area contributed by atoms with Gasteiger partial charge in [0.2, 0.25) is 0 Å². The zero-order chi connectivity index (χ0) is 16.4. The number of aromatic amines is 1. The molecular weight excluding hydrogens is 298 g/mol. The van der Waals surface area contributed by atoms with E-state index < -0.39 is 0 Å². The average molecular weight is 317 g/mol. The summed E-state index contributed by atoms with van der Waals surface area (Å²) < 4.78 is 7.57. The van der Waals surface area contributed by atoms with E-state index in [9.17, 15) is 0 Å². The minimum atomic E-state index is 0.860. The van der Waals surface area contributed by atoms with Crippen LogP contribution in [0.5, 0.6) is 5.75 Å². The van der Waals surface area contributed by atoms with Crippen LogP contribution in [0, 0.1) is 0 Å². The highest BCUT2D eigenvalue weighted by Gasteiger charge is 2.11. The van der Waals surface area contributed by atoms with Gasteiger partial charge in [0, 0.05) is 29.2 Å². The van der Waals surface area contributed by atoms with Gasteiger partial charge in [-0.15, -0.1) is 0 Å². The van der Waals surface area contributed by atoms with Gasteiger partial charge in [0.1, 0.15) is 5.75 Å². The Morgan fingerprint density at radius 2 is 2.00 bits per heavy atom. The van der Waals surface area contributed by atoms with E-state index in [1.54, 1.807) is 7.11 Å². The minimum absolute atomic E-state index is 0.860. The second-order valence-corrected chi connectivity index (χ2v) is 5.82. The first kappa shape index (κ1) is 14.6. The molecule has 4 rings (SSSR count). The summed E-state index contributed by atoms with van der Waals surface area (Å²) >= 11 is 0. The summed E-state index contributed by atoms with van der Waals surface area (Å²) in [5.41, 5.74) is 4.69. The van der Waals surface area contributed by atoms with E-state index >= 15 is 0 Å². The van der Waals surface area contributed by atoms with Crippen LogP contribution in [0.25, 0.3) is 22.2 Å². The smallest absolute Gasteiger partial charge is 0.119 e. The predicted molar refractivity (Wildman–Crippen MR) is 96.2 cm³/mol. The highest BCUT2D eigenvalue weighted by atomic mass is 16.5. The van der Waals surface area contributed by atoms with Crippen LogP contribution in [0.15, 0.2) is 67.3 Å². The quantitative estimate of drug-likeness (QED) is 0.597. The number of ether oxygens (including phenoxy) is 1. The second-order valence-electron chi connectivity index (χ2n) is 5.82. The summed E-state index contributed by atoms with van der Waals surface area (Å²) in [7, 11) is 1.69. The van der Waals surface area contributed by atoms with Crippen LogP contribution in [0.4, 0.5) is 0 Å². The van der Waals surface area contributed by atoms with Gasteiger partial charge in [-0.05, 0) is 30.2 Å². The van der Waals surface area contributed by atoms with E-state index in [0.717, 1.165) is 40.9 Å². The van der Waals surface area contributed by atoms with Crippen molar-refractivity contribution < 1.29 is 4.74 Å². The molecule has 0 unspecified atom stereocenters. The lowest BCUT2D eigenvalue weighted by Gasteiger charge is -2.08. The van der Waals surface area contributed by atoms with Crippen LogP contribution in [0.1, 0.15) is 5.56 Å². The van der Waals surface area contributed by atoms with Crippen molar-refractivity contribution in [2.75, 3.05) is 7.11 Å². The first-order valence-electron chi connectivity index (χ1n) is 8.05. The summed E-state index contributed by atoms with van der Waals surface area (Å²) in [5.74, 6) is 0.860. The van der Waals surface area contributed by atoms with Gasteiger partial charge in [0.25, 0.3) is 0 Å². The lowest BCUT2D eigenvalue weighted by atomic mass is 10.1. The molecule has 0 aliphatic heterocycles. The second kappa shape index (κ2) is 6.24. The molecule has 1 N–H and O–H groups in total. The first-order chi connectivity index (χ1) is 11.8. The Labute approximate surface area is 140 Å². The van der Waals surface area contributed by atoms with E-state index in [1.165, 1.54) is 5.56 Å². The van der Waals surface area contributed by atoms with Crippen molar-refractivity contribution >= 4 is 10.9 Å². The Kier molecular flexibility index (Phi) is 3.79. The summed E-state index contributed by atoms with van der Waals surface area (Å²) in [6.45, 7) is 0.899. The van der Waals surface area contributed by atoms with Crippen LogP contribution in [-0.4, -0.2) is 21.6 Å². The van der Waals surface area contributed by atoms with E-state index in [4.69, 9.17) is 4.74 Å². The number of nitrogens with one attached hydrogen (secondary N) is 1. The minimum Gasteiger partial charge on any atom is -0.497 e. The molecule has 24 heavy (non-hydrogen) atoms. The number of aryl methyl sites for hydroxylation is 2. The van der Waals surface area contributed by atoms with Crippen molar-refractivity contribution in [3.8, 4) is 17.0 Å². The lowest BCUT2D eigenvalue weighted by Crippen LogP contribution is -2.01. The third-order valence-electron chi connectivity index (χ3n) is 4.36. The third kappa shape index (κ3) is 2.67. The van der Waals surface area contributed by atoms with E-state index in [0.29, 0.717) is 0 Å². The topological polar surface area (TPSA) is 42.8 Å². The number of benzene rings is 2. The maximum atomic E-state index is 5.36. The number of aromatic nitrogens is 3. The third-order valence-corrected chi connectivity index (χ3v) is 4.36. The highest BCUT2D eigenvalue weighted by Crippen LogP contribution is 2.31. The Bertz CT molecular complexity index is 953. The van der Waals surface area contributed by atoms with Gasteiger partial charge < -0.3 is 14.3 Å². The Hall–Kier alpha value is -3.01. The number of hydrogen-bond acceptors (Lipinski definition) is 2. The molecule has 0 amide bonds. The number of imidazole rings is 1. The van der Waals surface area contributed by atoms with Crippen LogP contribution < -0.4 is 4.74 Å². The van der Waals surface area contributed by atoms with Crippen molar-refractivity contribution in [1.29, 1.82) is 0 Å². The molecule has 0 saturated carbocycles. The molecule has 4 heteroatoms. The van der Waals surface area contributed by atoms with Gasteiger partial charge in [-0.3, -0.25) is 0 Å². The summed E-state index contributed by atoms with van der Waals surface area (Å²) in [5, 5.41) is 1.15. The average Bonchev–Trinajstić information content (AvgIpc) is 3.26. The molecule has 0 spiro atoms. The largest absolute Gasteiger partial charge is 0.497 e. The molecule has 0 aliphatic carbocycles. The van der Waals surface area contributed by atoms with Crippen LogP contribution in [-0.2, 0) is 13.0 Å². The molecule has 2 heterocycles. The Morgan fingerprint density at radius 3 is 2.83 bits per heavy atom. The Morgan fingerprint density at radius 1 is 1.12 bits per heavy atom. The van der Waals surface area contributed by atoms with Gasteiger partial charge >= 0.3 is 0 Å². The van der Waals surface area contributed by atoms with E-state index in [-0.39, 0.29) is 0 Å². The van der Waals surface area contributed by atoms with Gasteiger partial charge in [0.05, 0.1) is 25.3 Å². The maximum absolute atomic E-state index is 5.36. The number of H-pyrrole nitrogens is 1. The highest BCUT2D eigenvalue weighted by molar-refractivity contribution is 5.95. The van der Waals surface area contributed by atoms with Crippen LogP contribution in [0.3, 0.4) is 0 Å². The fourth-order valence-electron chi connectivity index (χ4n) is 3.06. The fourth-order valence-corrected chi connectivity index (χ4v) is 3.06. The van der Waals surface area contributed by atoms with Crippen molar-refractivity contribution in [2.24, 2.45) is 0 Å². The van der Waals surface area contributed by atoms with E-state index in [2.05, 4.69) is 44.9 Å². The molecule has 4 aromatic rings. The molecule has 0 radical (unpaired) electrons. The summed E-state index contributed by atoms with van der Waals surface area (Å²) in [6, 6.07) is 16.6. The van der Waals surface area contributed by atoms with Crippen molar-refractivity contribution in [2.45, 2.75) is 13.0 Å². The zero-order valence-electron chi connectivity index (χ0n) is 13.6. The van der Waals surface area contributed by atoms with Gasteiger partial charge in [0.15, 0.2) is 0 Å². The van der Waals surface area contributed by atoms with Crippen molar-refractivity contribution in [3.05, 3.63) is 72.8 Å². The predicted octanol–water partition coefficient (Wildman–Crippen LogP) is 4.28. The van der Waals surface area contributed by atoms with Crippen LogP contribution >= 0.6 is 0 Å². The SMILES string of the molecule is COc1ccc2[nH]cc(-c3cncn3CCc3ccccc3)c2c1. The molecule has 0 aliphatic rings. The lowest BCUT2D eigenvalue weighted by molar-refractivity contribution is 0.415. The number of hydrogen-bond donors (Lipinski definition) is 1. The van der Waals surface area contributed by atoms with Crippen LogP contribution in [0.2, 0.25) is 0 Å². The Balaban J connectivity index is 1.67. The number of rotatable bonds is 5. The number of nitrogens with zero attached hydrogens (tertiary/aromatic N) is 2. The molecule has 120 valence electrons. The molecule has 0 atom stereocenters. The van der Waals surface area contributed by atoms with Crippen molar-refractivity contribution in [1.82, 2.24) is 14.5 Å². The standard InChI is InChI=1S/C20H19N3O/c1-24-16-7-8-19-17(11-16)18(12-22-19)20-13-21-14-23(20)10-9-15-5-3-2-4-6-15/h2-8,11-14,22H,9-10H2,1H3. The molecule has 0 fully saturated rings. The monoisotopic (exact) mass is 317 g/mol. The normalized spacial score (nSPS) is 11.0. The van der Waals surface area contributed by atoms with Gasteiger partial charge in [-0.1, -0.05) is 30.3 Å². The number of fused-ring (bicyclic) bond motifs is 1. The molecule has 2 aromatic carbocycles. The van der Waals surface area contributed by atoms with Gasteiger partial charge in [-0.25, -0.2) is 4.98 Å². The first-order valence-corrected chi connectivity index (χ1v) is 8.05. The summed E-state index contributed by atoms with van der Waals surface area (Å²) in [4.78, 5) is 7.69. The summed E-state index contributed by atoms with van der Waals surface area (Å²) in [6.07, 6.45) is 6.85. The zero-order valence-corrected chi connectivity index (χ0v) is 13.6. The maximum Gasteiger partial charge on any atom is 0.119 e. The molecular formula is C20H19N3O. The molecule has 2 aromatic heterocycles. The van der Waals surface area contributed by atoms with E-state index in [1.807, 2.05) is 36.9 Å². The molecule has 0 saturated heterocycles. The molecule has 4 nitrogen and oxygen atoms in total. The fraction of sp³-hybridized carbons (Fsp3) is 0.150. The number of methoxy groups -OCH3 is 1.